The molecule has 0 saturated heterocycles. The van der Waals surface area contributed by atoms with Crippen molar-refractivity contribution in [2.24, 2.45) is 17.1 Å². The summed E-state index contributed by atoms with van der Waals surface area (Å²) in [5, 5.41) is 2.99. The van der Waals surface area contributed by atoms with E-state index >= 15 is 0 Å². The lowest BCUT2D eigenvalue weighted by Crippen LogP contribution is -2.33. The van der Waals surface area contributed by atoms with Gasteiger partial charge in [0, 0.05) is 12.5 Å². The Bertz CT molecular complexity index is 256. The zero-order chi connectivity index (χ0) is 14.2. The van der Waals surface area contributed by atoms with Gasteiger partial charge in [0.05, 0.1) is 0 Å². The topological polar surface area (TPSA) is 55.1 Å². The molecule has 3 heteroatoms. The lowest BCUT2D eigenvalue weighted by Gasteiger charge is -2.30. The number of nitrogens with two attached hydrogens (primary N) is 1. The first-order valence-corrected chi connectivity index (χ1v) is 6.91. The summed E-state index contributed by atoms with van der Waals surface area (Å²) in [7, 11) is 0. The van der Waals surface area contributed by atoms with Crippen molar-refractivity contribution in [1.29, 1.82) is 0 Å². The van der Waals surface area contributed by atoms with E-state index < -0.39 is 0 Å². The molecule has 0 aliphatic carbocycles. The number of carbonyl (C=O) groups excluding carboxylic acids is 1. The Hall–Kier alpha value is -0.830. The van der Waals surface area contributed by atoms with Gasteiger partial charge in [-0.1, -0.05) is 26.8 Å². The molecule has 0 fully saturated rings. The molecule has 2 unspecified atom stereocenters. The van der Waals surface area contributed by atoms with Crippen molar-refractivity contribution in [3.8, 4) is 0 Å². The van der Waals surface area contributed by atoms with E-state index in [1.165, 1.54) is 0 Å². The van der Waals surface area contributed by atoms with Crippen LogP contribution in [0.25, 0.3) is 0 Å². The molecule has 1 amide bonds. The first-order valence-electron chi connectivity index (χ1n) is 6.91. The summed E-state index contributed by atoms with van der Waals surface area (Å²) in [6.45, 7) is 13.0. The van der Waals surface area contributed by atoms with Gasteiger partial charge in [0.15, 0.2) is 0 Å². The fourth-order valence-electron chi connectivity index (χ4n) is 2.17. The first-order chi connectivity index (χ1) is 8.31. The Morgan fingerprint density at radius 2 is 2.00 bits per heavy atom. The Labute approximate surface area is 112 Å². The van der Waals surface area contributed by atoms with E-state index in [-0.39, 0.29) is 17.4 Å². The molecule has 0 aromatic rings. The van der Waals surface area contributed by atoms with Gasteiger partial charge in [-0.25, -0.2) is 0 Å². The minimum atomic E-state index is 0.135. The molecule has 18 heavy (non-hydrogen) atoms. The van der Waals surface area contributed by atoms with Crippen LogP contribution in [-0.2, 0) is 4.79 Å². The van der Waals surface area contributed by atoms with Crippen LogP contribution in [0.3, 0.4) is 0 Å². The minimum absolute atomic E-state index is 0.135. The van der Waals surface area contributed by atoms with Crippen LogP contribution in [0, 0.1) is 11.3 Å². The third kappa shape index (κ3) is 7.49. The highest BCUT2D eigenvalue weighted by molar-refractivity contribution is 5.76. The van der Waals surface area contributed by atoms with Crippen molar-refractivity contribution in [3.63, 3.8) is 0 Å². The maximum atomic E-state index is 11.8. The highest BCUT2D eigenvalue weighted by Crippen LogP contribution is 2.31. The lowest BCUT2D eigenvalue weighted by atomic mass is 9.76. The van der Waals surface area contributed by atoms with E-state index in [0.29, 0.717) is 18.9 Å². The molecule has 0 aliphatic heterocycles. The molecule has 0 saturated carbocycles. The van der Waals surface area contributed by atoms with Crippen LogP contribution in [0.15, 0.2) is 12.7 Å². The normalized spacial score (nSPS) is 14.9. The predicted molar refractivity (Wildman–Crippen MR) is 78.3 cm³/mol. The summed E-state index contributed by atoms with van der Waals surface area (Å²) in [5.74, 6) is 0.638. The van der Waals surface area contributed by atoms with Crippen LogP contribution in [0.2, 0.25) is 0 Å². The van der Waals surface area contributed by atoms with Gasteiger partial charge in [-0.2, -0.15) is 0 Å². The van der Waals surface area contributed by atoms with Gasteiger partial charge in [-0.3, -0.25) is 4.79 Å². The Morgan fingerprint density at radius 3 is 2.44 bits per heavy atom. The molecule has 0 aromatic heterocycles. The molecule has 3 N–H and O–H groups in total. The zero-order valence-electron chi connectivity index (χ0n) is 12.5. The van der Waals surface area contributed by atoms with E-state index in [1.54, 1.807) is 0 Å². The van der Waals surface area contributed by atoms with Crippen LogP contribution in [0.4, 0.5) is 0 Å². The molecule has 3 nitrogen and oxygen atoms in total. The third-order valence-electron chi connectivity index (χ3n) is 3.39. The standard InChI is InChI=1S/C15H30N2O/c1-6-7-12(2)17-14(18)9-8-13(10-11-16)15(3,4)5/h6,12-13H,1,7-11,16H2,2-5H3,(H,17,18). The summed E-state index contributed by atoms with van der Waals surface area (Å²) in [4.78, 5) is 11.8. The fraction of sp³-hybridized carbons (Fsp3) is 0.800. The molecule has 106 valence electrons. The van der Waals surface area contributed by atoms with Gasteiger partial charge in [0.2, 0.25) is 5.91 Å². The molecule has 0 spiro atoms. The van der Waals surface area contributed by atoms with Crippen LogP contribution >= 0.6 is 0 Å². The van der Waals surface area contributed by atoms with Crippen LogP contribution in [-0.4, -0.2) is 18.5 Å². The van der Waals surface area contributed by atoms with Crippen molar-refractivity contribution in [2.45, 2.75) is 59.4 Å². The zero-order valence-corrected chi connectivity index (χ0v) is 12.5. The number of nitrogens with one attached hydrogen (secondary N) is 1. The molecule has 0 bridgehead atoms. The number of amides is 1. The Morgan fingerprint density at radius 1 is 1.39 bits per heavy atom. The smallest absolute Gasteiger partial charge is 0.220 e. The van der Waals surface area contributed by atoms with E-state index in [4.69, 9.17) is 5.73 Å². The molecular formula is C15H30N2O. The van der Waals surface area contributed by atoms with Crippen LogP contribution in [0.1, 0.15) is 53.4 Å². The summed E-state index contributed by atoms with van der Waals surface area (Å²) in [5.41, 5.74) is 5.86. The monoisotopic (exact) mass is 254 g/mol. The third-order valence-corrected chi connectivity index (χ3v) is 3.39. The molecule has 0 radical (unpaired) electrons. The molecule has 0 heterocycles. The van der Waals surface area contributed by atoms with E-state index in [1.807, 2.05) is 13.0 Å². The largest absolute Gasteiger partial charge is 0.353 e. The van der Waals surface area contributed by atoms with Crippen molar-refractivity contribution in [1.82, 2.24) is 5.32 Å². The summed E-state index contributed by atoms with van der Waals surface area (Å²) < 4.78 is 0. The highest BCUT2D eigenvalue weighted by atomic mass is 16.1. The average Bonchev–Trinajstić information content (AvgIpc) is 2.22. The molecule has 0 rings (SSSR count). The minimum Gasteiger partial charge on any atom is -0.353 e. The second-order valence-electron chi connectivity index (χ2n) is 6.17. The Kier molecular flexibility index (Phi) is 7.92. The number of carbonyl (C=O) groups is 1. The molecular weight excluding hydrogens is 224 g/mol. The van der Waals surface area contributed by atoms with Crippen LogP contribution < -0.4 is 11.1 Å². The maximum absolute atomic E-state index is 11.8. The quantitative estimate of drug-likeness (QED) is 0.654. The lowest BCUT2D eigenvalue weighted by molar-refractivity contribution is -0.122. The second kappa shape index (κ2) is 8.30. The predicted octanol–water partition coefficient (Wildman–Crippen LogP) is 2.86. The van der Waals surface area contributed by atoms with Gasteiger partial charge >= 0.3 is 0 Å². The summed E-state index contributed by atoms with van der Waals surface area (Å²) >= 11 is 0. The number of hydrogen-bond acceptors (Lipinski definition) is 2. The van der Waals surface area contributed by atoms with Crippen molar-refractivity contribution >= 4 is 5.91 Å². The molecule has 0 aromatic carbocycles. The van der Waals surface area contributed by atoms with Crippen molar-refractivity contribution < 1.29 is 4.79 Å². The number of rotatable bonds is 8. The Balaban J connectivity index is 4.11. The summed E-state index contributed by atoms with van der Waals surface area (Å²) in [6, 6.07) is 0.178. The van der Waals surface area contributed by atoms with Crippen molar-refractivity contribution in [2.75, 3.05) is 6.54 Å². The SMILES string of the molecule is C=CCC(C)NC(=O)CCC(CCN)C(C)(C)C. The molecule has 0 aliphatic rings. The fourth-order valence-corrected chi connectivity index (χ4v) is 2.17. The van der Waals surface area contributed by atoms with E-state index in [2.05, 4.69) is 32.7 Å². The van der Waals surface area contributed by atoms with Gasteiger partial charge in [-0.15, -0.1) is 6.58 Å². The molecule has 2 atom stereocenters. The van der Waals surface area contributed by atoms with Gasteiger partial charge < -0.3 is 11.1 Å². The summed E-state index contributed by atoms with van der Waals surface area (Å²) in [6.07, 6.45) is 5.13. The van der Waals surface area contributed by atoms with E-state index in [9.17, 15) is 4.79 Å². The average molecular weight is 254 g/mol. The highest BCUT2D eigenvalue weighted by Gasteiger charge is 2.24. The second-order valence-corrected chi connectivity index (χ2v) is 6.17. The number of hydrogen-bond donors (Lipinski definition) is 2. The van der Waals surface area contributed by atoms with Gasteiger partial charge in [0.25, 0.3) is 0 Å². The van der Waals surface area contributed by atoms with E-state index in [0.717, 1.165) is 19.3 Å². The maximum Gasteiger partial charge on any atom is 0.220 e. The van der Waals surface area contributed by atoms with Crippen LogP contribution in [0.5, 0.6) is 0 Å². The van der Waals surface area contributed by atoms with Gasteiger partial charge in [-0.05, 0) is 44.1 Å². The van der Waals surface area contributed by atoms with Crippen molar-refractivity contribution in [3.05, 3.63) is 12.7 Å². The first kappa shape index (κ1) is 17.2. The van der Waals surface area contributed by atoms with Gasteiger partial charge in [0.1, 0.15) is 0 Å².